The number of fused-ring (bicyclic) bond motifs is 2. The standard InChI is InChI=1S/C23H29N3O2/c27-18-5-3-4-17(16-18)25-12-14-26(15-13-25)21-19-6-1-2-7-20(19)23(22(21)28)8-10-24-11-9-23/h1-7,16,21-22,24,27-28H,8-15H2/t21-,22+/m1/s1. The van der Waals surface area contributed by atoms with E-state index in [2.05, 4.69) is 45.4 Å². The fourth-order valence-corrected chi connectivity index (χ4v) is 5.62. The molecule has 3 N–H and O–H groups in total. The zero-order valence-corrected chi connectivity index (χ0v) is 16.2. The van der Waals surface area contributed by atoms with Crippen molar-refractivity contribution in [1.82, 2.24) is 10.2 Å². The van der Waals surface area contributed by atoms with Crippen LogP contribution in [0, 0.1) is 0 Å². The van der Waals surface area contributed by atoms with Crippen molar-refractivity contribution in [2.45, 2.75) is 30.4 Å². The number of rotatable bonds is 2. The zero-order chi connectivity index (χ0) is 19.1. The van der Waals surface area contributed by atoms with Crippen LogP contribution in [0.5, 0.6) is 5.75 Å². The van der Waals surface area contributed by atoms with E-state index in [9.17, 15) is 10.2 Å². The average Bonchev–Trinajstić information content (AvgIpc) is 2.97. The molecule has 1 aliphatic carbocycles. The van der Waals surface area contributed by atoms with Gasteiger partial charge in [-0.15, -0.1) is 0 Å². The lowest BCUT2D eigenvalue weighted by molar-refractivity contribution is -0.00359. The highest BCUT2D eigenvalue weighted by molar-refractivity contribution is 5.51. The maximum atomic E-state index is 11.5. The minimum absolute atomic E-state index is 0.0839. The molecule has 2 aromatic rings. The van der Waals surface area contributed by atoms with Gasteiger partial charge in [0.05, 0.1) is 12.1 Å². The van der Waals surface area contributed by atoms with Crippen molar-refractivity contribution >= 4 is 5.69 Å². The van der Waals surface area contributed by atoms with Crippen LogP contribution in [0.2, 0.25) is 0 Å². The summed E-state index contributed by atoms with van der Waals surface area (Å²) in [5.41, 5.74) is 3.66. The summed E-state index contributed by atoms with van der Waals surface area (Å²) in [5.74, 6) is 0.313. The molecule has 2 aliphatic heterocycles. The second kappa shape index (κ2) is 7.07. The van der Waals surface area contributed by atoms with Crippen molar-refractivity contribution < 1.29 is 10.2 Å². The molecule has 148 valence electrons. The highest BCUT2D eigenvalue weighted by Gasteiger charge is 2.53. The van der Waals surface area contributed by atoms with Gasteiger partial charge in [-0.1, -0.05) is 30.3 Å². The number of piperazine rings is 1. The Morgan fingerprint density at radius 3 is 2.43 bits per heavy atom. The molecule has 5 rings (SSSR count). The monoisotopic (exact) mass is 379 g/mol. The Morgan fingerprint density at radius 2 is 1.68 bits per heavy atom. The number of hydrogen-bond donors (Lipinski definition) is 3. The van der Waals surface area contributed by atoms with Crippen molar-refractivity contribution in [2.75, 3.05) is 44.2 Å². The molecule has 28 heavy (non-hydrogen) atoms. The predicted octanol–water partition coefficient (Wildman–Crippen LogP) is 2.25. The van der Waals surface area contributed by atoms with Gasteiger partial charge < -0.3 is 20.4 Å². The first kappa shape index (κ1) is 18.0. The van der Waals surface area contributed by atoms with Crippen LogP contribution < -0.4 is 10.2 Å². The van der Waals surface area contributed by atoms with E-state index in [1.165, 1.54) is 11.1 Å². The molecule has 5 heteroatoms. The quantitative estimate of drug-likeness (QED) is 0.747. The van der Waals surface area contributed by atoms with Crippen LogP contribution in [0.4, 0.5) is 5.69 Å². The highest BCUT2D eigenvalue weighted by Crippen LogP contribution is 2.52. The van der Waals surface area contributed by atoms with Crippen molar-refractivity contribution in [2.24, 2.45) is 0 Å². The van der Waals surface area contributed by atoms with Gasteiger partial charge in [-0.3, -0.25) is 4.90 Å². The zero-order valence-electron chi connectivity index (χ0n) is 16.2. The molecule has 0 aromatic heterocycles. The summed E-state index contributed by atoms with van der Waals surface area (Å²) in [5, 5.41) is 24.8. The molecular formula is C23H29N3O2. The number of hydrogen-bond acceptors (Lipinski definition) is 5. The number of nitrogens with one attached hydrogen (secondary N) is 1. The second-order valence-corrected chi connectivity index (χ2v) is 8.43. The number of aliphatic hydroxyl groups excluding tert-OH is 1. The van der Waals surface area contributed by atoms with Gasteiger partial charge in [0.1, 0.15) is 5.75 Å². The highest BCUT2D eigenvalue weighted by atomic mass is 16.3. The molecule has 0 saturated carbocycles. The molecule has 0 radical (unpaired) electrons. The summed E-state index contributed by atoms with van der Waals surface area (Å²) in [4.78, 5) is 4.79. The molecule has 0 unspecified atom stereocenters. The van der Waals surface area contributed by atoms with Crippen molar-refractivity contribution in [3.63, 3.8) is 0 Å². The molecule has 2 aromatic carbocycles. The lowest BCUT2D eigenvalue weighted by Crippen LogP contribution is -2.52. The summed E-state index contributed by atoms with van der Waals surface area (Å²) in [6.45, 7) is 5.60. The maximum absolute atomic E-state index is 11.5. The Bertz CT molecular complexity index is 841. The van der Waals surface area contributed by atoms with Gasteiger partial charge in [-0.05, 0) is 49.2 Å². The van der Waals surface area contributed by atoms with Gasteiger partial charge in [0.15, 0.2) is 0 Å². The molecule has 0 amide bonds. The average molecular weight is 380 g/mol. The van der Waals surface area contributed by atoms with Gasteiger partial charge in [0.25, 0.3) is 0 Å². The lowest BCUT2D eigenvalue weighted by atomic mass is 9.72. The van der Waals surface area contributed by atoms with Crippen molar-refractivity contribution in [1.29, 1.82) is 0 Å². The van der Waals surface area contributed by atoms with Crippen LogP contribution in [0.3, 0.4) is 0 Å². The van der Waals surface area contributed by atoms with Crippen molar-refractivity contribution in [3.8, 4) is 5.75 Å². The molecule has 3 aliphatic rings. The summed E-state index contributed by atoms with van der Waals surface area (Å²) in [6, 6.07) is 16.3. The molecule has 1 spiro atoms. The largest absolute Gasteiger partial charge is 0.508 e. The topological polar surface area (TPSA) is 59.0 Å². The normalized spacial score (nSPS) is 27.1. The Hall–Kier alpha value is -2.08. The van der Waals surface area contributed by atoms with Crippen LogP contribution in [-0.4, -0.2) is 60.5 Å². The number of nitrogens with zero attached hydrogens (tertiary/aromatic N) is 2. The molecule has 2 saturated heterocycles. The van der Waals surface area contributed by atoms with E-state index < -0.39 is 0 Å². The van der Waals surface area contributed by atoms with E-state index in [1.54, 1.807) is 6.07 Å². The lowest BCUT2D eigenvalue weighted by Gasteiger charge is -2.43. The Morgan fingerprint density at radius 1 is 0.929 bits per heavy atom. The van der Waals surface area contributed by atoms with E-state index in [4.69, 9.17) is 0 Å². The van der Waals surface area contributed by atoms with Gasteiger partial charge in [0, 0.05) is 43.3 Å². The van der Waals surface area contributed by atoms with Crippen LogP contribution in [0.15, 0.2) is 48.5 Å². The SMILES string of the molecule is Oc1cccc(N2CCN([C@@H]3c4ccccc4C4(CCNCC4)[C@H]3O)CC2)c1. The predicted molar refractivity (Wildman–Crippen MR) is 111 cm³/mol. The first-order valence-corrected chi connectivity index (χ1v) is 10.5. The van der Waals surface area contributed by atoms with Crippen LogP contribution in [-0.2, 0) is 5.41 Å². The van der Waals surface area contributed by atoms with Crippen LogP contribution in [0.1, 0.15) is 30.0 Å². The van der Waals surface area contributed by atoms with E-state index in [0.29, 0.717) is 5.75 Å². The van der Waals surface area contributed by atoms with Gasteiger partial charge in [0.2, 0.25) is 0 Å². The number of benzene rings is 2. The van der Waals surface area contributed by atoms with E-state index in [-0.39, 0.29) is 17.6 Å². The third-order valence-electron chi connectivity index (χ3n) is 7.08. The molecule has 2 fully saturated rings. The molecule has 5 nitrogen and oxygen atoms in total. The number of phenolic OH excluding ortho intramolecular Hbond substituents is 1. The number of phenols is 1. The maximum Gasteiger partial charge on any atom is 0.117 e. The van der Waals surface area contributed by atoms with Gasteiger partial charge in [-0.25, -0.2) is 0 Å². The Kier molecular flexibility index (Phi) is 4.54. The van der Waals surface area contributed by atoms with Gasteiger partial charge in [-0.2, -0.15) is 0 Å². The smallest absolute Gasteiger partial charge is 0.117 e. The van der Waals surface area contributed by atoms with E-state index in [0.717, 1.165) is 57.8 Å². The Labute approximate surface area is 166 Å². The third kappa shape index (κ3) is 2.81. The van der Waals surface area contributed by atoms with E-state index in [1.807, 2.05) is 12.1 Å². The van der Waals surface area contributed by atoms with Crippen LogP contribution >= 0.6 is 0 Å². The summed E-state index contributed by atoms with van der Waals surface area (Å²) in [7, 11) is 0. The fourth-order valence-electron chi connectivity index (χ4n) is 5.62. The molecule has 0 bridgehead atoms. The first-order chi connectivity index (χ1) is 13.7. The minimum Gasteiger partial charge on any atom is -0.508 e. The van der Waals surface area contributed by atoms with Crippen LogP contribution in [0.25, 0.3) is 0 Å². The number of aliphatic hydroxyl groups is 1. The van der Waals surface area contributed by atoms with Gasteiger partial charge >= 0.3 is 0 Å². The number of anilines is 1. The van der Waals surface area contributed by atoms with Crippen molar-refractivity contribution in [3.05, 3.63) is 59.7 Å². The Balaban J connectivity index is 1.38. The summed E-state index contributed by atoms with van der Waals surface area (Å²) >= 11 is 0. The summed E-state index contributed by atoms with van der Waals surface area (Å²) < 4.78 is 0. The molecular weight excluding hydrogens is 350 g/mol. The summed E-state index contributed by atoms with van der Waals surface area (Å²) in [6.07, 6.45) is 1.66. The van der Waals surface area contributed by atoms with E-state index >= 15 is 0 Å². The number of piperidine rings is 1. The first-order valence-electron chi connectivity index (χ1n) is 10.5. The number of aromatic hydroxyl groups is 1. The molecule has 2 atom stereocenters. The third-order valence-corrected chi connectivity index (χ3v) is 7.08. The minimum atomic E-state index is -0.348. The fraction of sp³-hybridized carbons (Fsp3) is 0.478. The molecule has 2 heterocycles. The second-order valence-electron chi connectivity index (χ2n) is 8.43.